The maximum atomic E-state index is 12.7. The van der Waals surface area contributed by atoms with Crippen LogP contribution < -0.4 is 4.74 Å². The van der Waals surface area contributed by atoms with E-state index in [-0.39, 0.29) is 10.8 Å². The second-order valence-electron chi connectivity index (χ2n) is 3.09. The number of carbonyl (C=O) groups is 1. The molecule has 0 aliphatic heterocycles. The van der Waals surface area contributed by atoms with Gasteiger partial charge in [-0.05, 0) is 12.1 Å². The highest BCUT2D eigenvalue weighted by Gasteiger charge is 2.36. The van der Waals surface area contributed by atoms with Crippen molar-refractivity contribution in [3.8, 4) is 5.75 Å². The van der Waals surface area contributed by atoms with Crippen LogP contribution in [0.15, 0.2) is 12.1 Å². The standard InChI is InChI=1S/C10H7Cl2F3O2/c1-17-9-2-5(8(16)4-11)6(3-7(9)12)10(13,14)15/h2-3H,4H2,1H3. The topological polar surface area (TPSA) is 26.3 Å². The first-order valence-electron chi connectivity index (χ1n) is 4.35. The minimum Gasteiger partial charge on any atom is -0.495 e. The quantitative estimate of drug-likeness (QED) is 0.624. The van der Waals surface area contributed by atoms with Crippen LogP contribution in [0.25, 0.3) is 0 Å². The number of benzene rings is 1. The number of hydrogen-bond donors (Lipinski definition) is 0. The molecular formula is C10H7Cl2F3O2. The van der Waals surface area contributed by atoms with Gasteiger partial charge in [0.15, 0.2) is 5.78 Å². The average Bonchev–Trinajstić information content (AvgIpc) is 2.26. The van der Waals surface area contributed by atoms with Crippen molar-refractivity contribution in [3.05, 3.63) is 28.3 Å². The maximum absolute atomic E-state index is 12.7. The molecule has 0 aliphatic carbocycles. The molecule has 0 spiro atoms. The van der Waals surface area contributed by atoms with Gasteiger partial charge in [-0.1, -0.05) is 11.6 Å². The number of Topliss-reactive ketones (excluding diaryl/α,β-unsaturated/α-hetero) is 1. The van der Waals surface area contributed by atoms with Crippen LogP contribution >= 0.6 is 23.2 Å². The van der Waals surface area contributed by atoms with Crippen LogP contribution in [-0.4, -0.2) is 18.8 Å². The van der Waals surface area contributed by atoms with Gasteiger partial charge in [-0.3, -0.25) is 4.79 Å². The third kappa shape index (κ3) is 3.04. The Hall–Kier alpha value is -0.940. The van der Waals surface area contributed by atoms with E-state index in [2.05, 4.69) is 0 Å². The summed E-state index contributed by atoms with van der Waals surface area (Å²) in [5.41, 5.74) is -1.66. The van der Waals surface area contributed by atoms with E-state index in [0.29, 0.717) is 6.07 Å². The zero-order valence-corrected chi connectivity index (χ0v) is 10.1. The predicted molar refractivity (Wildman–Crippen MR) is 58.1 cm³/mol. The highest BCUT2D eigenvalue weighted by Crippen LogP contribution is 2.37. The van der Waals surface area contributed by atoms with Gasteiger partial charge in [0.1, 0.15) is 5.75 Å². The number of ketones is 1. The molecule has 1 aromatic rings. The van der Waals surface area contributed by atoms with Gasteiger partial charge in [0.05, 0.1) is 23.6 Å². The average molecular weight is 287 g/mol. The maximum Gasteiger partial charge on any atom is 0.417 e. The summed E-state index contributed by atoms with van der Waals surface area (Å²) in [6.07, 6.45) is -4.67. The molecule has 2 nitrogen and oxygen atoms in total. The summed E-state index contributed by atoms with van der Waals surface area (Å²) in [5, 5.41) is -0.217. The van der Waals surface area contributed by atoms with Gasteiger partial charge in [-0.2, -0.15) is 13.2 Å². The Morgan fingerprint density at radius 1 is 1.41 bits per heavy atom. The number of ether oxygens (including phenoxy) is 1. The van der Waals surface area contributed by atoms with E-state index in [1.54, 1.807) is 0 Å². The fourth-order valence-corrected chi connectivity index (χ4v) is 1.63. The first-order chi connectivity index (χ1) is 7.81. The molecule has 7 heteroatoms. The van der Waals surface area contributed by atoms with E-state index in [4.69, 9.17) is 27.9 Å². The highest BCUT2D eigenvalue weighted by atomic mass is 35.5. The summed E-state index contributed by atoms with van der Waals surface area (Å²) in [5.74, 6) is -1.39. The number of rotatable bonds is 3. The van der Waals surface area contributed by atoms with Gasteiger partial charge >= 0.3 is 6.18 Å². The van der Waals surface area contributed by atoms with Crippen molar-refractivity contribution in [1.29, 1.82) is 0 Å². The van der Waals surface area contributed by atoms with E-state index in [0.717, 1.165) is 6.07 Å². The van der Waals surface area contributed by atoms with Crippen molar-refractivity contribution in [2.75, 3.05) is 13.0 Å². The van der Waals surface area contributed by atoms with Crippen LogP contribution in [0.5, 0.6) is 5.75 Å². The molecule has 0 saturated carbocycles. The fourth-order valence-electron chi connectivity index (χ4n) is 1.25. The highest BCUT2D eigenvalue weighted by molar-refractivity contribution is 6.33. The molecule has 0 unspecified atom stereocenters. The van der Waals surface area contributed by atoms with Gasteiger partial charge in [-0.25, -0.2) is 0 Å². The second kappa shape index (κ2) is 5.14. The fraction of sp³-hybridized carbons (Fsp3) is 0.300. The van der Waals surface area contributed by atoms with E-state index in [1.165, 1.54) is 7.11 Å². The Morgan fingerprint density at radius 2 is 2.00 bits per heavy atom. The smallest absolute Gasteiger partial charge is 0.417 e. The van der Waals surface area contributed by atoms with Crippen LogP contribution in [0.2, 0.25) is 5.02 Å². The summed E-state index contributed by atoms with van der Waals surface area (Å²) in [6, 6.07) is 1.59. The summed E-state index contributed by atoms with van der Waals surface area (Å²) < 4.78 is 42.8. The van der Waals surface area contributed by atoms with Gasteiger partial charge < -0.3 is 4.74 Å². The first kappa shape index (κ1) is 14.1. The third-order valence-corrected chi connectivity index (χ3v) is 2.56. The van der Waals surface area contributed by atoms with Gasteiger partial charge in [0.2, 0.25) is 0 Å². The summed E-state index contributed by atoms with van der Waals surface area (Å²) in [4.78, 5) is 11.3. The Kier molecular flexibility index (Phi) is 4.27. The second-order valence-corrected chi connectivity index (χ2v) is 3.76. The molecule has 0 heterocycles. The number of alkyl halides is 4. The van der Waals surface area contributed by atoms with Crippen LogP contribution in [0.4, 0.5) is 13.2 Å². The summed E-state index contributed by atoms with van der Waals surface area (Å²) in [6.45, 7) is 0. The zero-order chi connectivity index (χ0) is 13.2. The first-order valence-corrected chi connectivity index (χ1v) is 5.26. The van der Waals surface area contributed by atoms with Gasteiger partial charge in [-0.15, -0.1) is 11.6 Å². The summed E-state index contributed by atoms with van der Waals surface area (Å²) >= 11 is 10.8. The lowest BCUT2D eigenvalue weighted by Gasteiger charge is -2.14. The number of carbonyl (C=O) groups excluding carboxylic acids is 1. The van der Waals surface area contributed by atoms with Crippen molar-refractivity contribution in [1.82, 2.24) is 0 Å². The molecule has 0 aliphatic rings. The molecule has 0 aromatic heterocycles. The minimum atomic E-state index is -4.67. The lowest BCUT2D eigenvalue weighted by atomic mass is 10.0. The molecule has 0 fully saturated rings. The lowest BCUT2D eigenvalue weighted by Crippen LogP contribution is -2.14. The molecule has 1 rings (SSSR count). The Balaban J connectivity index is 3.47. The Morgan fingerprint density at radius 3 is 2.41 bits per heavy atom. The molecule has 1 aromatic carbocycles. The van der Waals surface area contributed by atoms with E-state index in [1.807, 2.05) is 0 Å². The molecule has 0 atom stereocenters. The minimum absolute atomic E-state index is 0.00636. The molecule has 0 N–H and O–H groups in total. The monoisotopic (exact) mass is 286 g/mol. The third-order valence-electron chi connectivity index (χ3n) is 2.02. The van der Waals surface area contributed by atoms with Crippen LogP contribution in [0, 0.1) is 0 Å². The molecule has 0 bridgehead atoms. The van der Waals surface area contributed by atoms with Crippen molar-refractivity contribution in [3.63, 3.8) is 0 Å². The number of hydrogen-bond acceptors (Lipinski definition) is 2. The molecule has 94 valence electrons. The van der Waals surface area contributed by atoms with Crippen LogP contribution in [-0.2, 0) is 6.18 Å². The normalized spacial score (nSPS) is 11.4. The predicted octanol–water partition coefficient (Wildman–Crippen LogP) is 3.79. The lowest BCUT2D eigenvalue weighted by molar-refractivity contribution is -0.137. The largest absolute Gasteiger partial charge is 0.495 e. The molecular weight excluding hydrogens is 280 g/mol. The molecule has 0 radical (unpaired) electrons. The number of halogens is 5. The van der Waals surface area contributed by atoms with Crippen molar-refractivity contribution in [2.24, 2.45) is 0 Å². The van der Waals surface area contributed by atoms with Gasteiger partial charge in [0.25, 0.3) is 0 Å². The van der Waals surface area contributed by atoms with Crippen molar-refractivity contribution >= 4 is 29.0 Å². The van der Waals surface area contributed by atoms with E-state index >= 15 is 0 Å². The molecule has 0 amide bonds. The van der Waals surface area contributed by atoms with E-state index < -0.39 is 29.0 Å². The van der Waals surface area contributed by atoms with Crippen molar-refractivity contribution < 1.29 is 22.7 Å². The number of methoxy groups -OCH3 is 1. The summed E-state index contributed by atoms with van der Waals surface area (Å²) in [7, 11) is 1.24. The SMILES string of the molecule is COc1cc(C(=O)CCl)c(C(F)(F)F)cc1Cl. The van der Waals surface area contributed by atoms with Gasteiger partial charge in [0, 0.05) is 5.56 Å². The van der Waals surface area contributed by atoms with Crippen LogP contribution in [0.3, 0.4) is 0 Å². The molecule has 0 saturated heterocycles. The Bertz CT molecular complexity index is 444. The zero-order valence-electron chi connectivity index (χ0n) is 8.57. The van der Waals surface area contributed by atoms with E-state index in [9.17, 15) is 18.0 Å². The van der Waals surface area contributed by atoms with Crippen molar-refractivity contribution in [2.45, 2.75) is 6.18 Å². The molecule has 17 heavy (non-hydrogen) atoms. The van der Waals surface area contributed by atoms with Crippen LogP contribution in [0.1, 0.15) is 15.9 Å². The Labute approximate surface area is 105 Å².